The van der Waals surface area contributed by atoms with Gasteiger partial charge in [0.05, 0.1) is 25.9 Å². The summed E-state index contributed by atoms with van der Waals surface area (Å²) in [6.45, 7) is 10.3. The molecule has 0 aromatic heterocycles. The summed E-state index contributed by atoms with van der Waals surface area (Å²) in [5.41, 5.74) is -3.04. The Morgan fingerprint density at radius 3 is 1.80 bits per heavy atom. The highest BCUT2D eigenvalue weighted by Gasteiger charge is 2.51. The number of hydrogen-bond donors (Lipinski definition) is 1. The van der Waals surface area contributed by atoms with Gasteiger partial charge < -0.3 is 24.3 Å². The molecule has 1 rings (SSSR count). The van der Waals surface area contributed by atoms with Gasteiger partial charge in [-0.15, -0.1) is 0 Å². The van der Waals surface area contributed by atoms with Gasteiger partial charge in [0.25, 0.3) is 5.91 Å². The third kappa shape index (κ3) is 8.65. The lowest BCUT2D eigenvalue weighted by molar-refractivity contribution is -0.177. The zero-order chi connectivity index (χ0) is 26.5. The highest BCUT2D eigenvalue weighted by atomic mass is 16.6. The van der Waals surface area contributed by atoms with Gasteiger partial charge in [-0.3, -0.25) is 4.79 Å². The number of benzene rings is 1. The largest absolute Gasteiger partial charge is 0.464 e. The number of hydrogen-bond acceptors (Lipinski definition) is 8. The minimum Gasteiger partial charge on any atom is -0.464 e. The predicted octanol–water partition coefficient (Wildman–Crippen LogP) is 3.59. The van der Waals surface area contributed by atoms with Crippen molar-refractivity contribution >= 4 is 23.8 Å². The van der Waals surface area contributed by atoms with Crippen LogP contribution in [0.25, 0.3) is 0 Å². The molecule has 0 spiro atoms. The Bertz CT molecular complexity index is 819. The molecule has 0 aliphatic carbocycles. The summed E-state index contributed by atoms with van der Waals surface area (Å²) < 4.78 is 21.6. The molecule has 0 radical (unpaired) electrons. The van der Waals surface area contributed by atoms with Crippen molar-refractivity contribution in [2.24, 2.45) is 0 Å². The quantitative estimate of drug-likeness (QED) is 0.224. The van der Waals surface area contributed by atoms with Gasteiger partial charge in [0.15, 0.2) is 5.60 Å². The molecule has 1 N–H and O–H groups in total. The Morgan fingerprint density at radius 2 is 1.31 bits per heavy atom. The van der Waals surface area contributed by atoms with Gasteiger partial charge in [-0.05, 0) is 66.0 Å². The van der Waals surface area contributed by atoms with Crippen molar-refractivity contribution in [1.29, 1.82) is 0 Å². The van der Waals surface area contributed by atoms with Crippen molar-refractivity contribution in [1.82, 2.24) is 5.32 Å². The summed E-state index contributed by atoms with van der Waals surface area (Å²) >= 11 is 0. The van der Waals surface area contributed by atoms with E-state index >= 15 is 0 Å². The van der Waals surface area contributed by atoms with E-state index in [0.717, 1.165) is 6.42 Å². The second kappa shape index (κ2) is 14.5. The van der Waals surface area contributed by atoms with Crippen LogP contribution in [-0.4, -0.2) is 60.9 Å². The van der Waals surface area contributed by atoms with Gasteiger partial charge in [-0.1, -0.05) is 31.5 Å². The van der Waals surface area contributed by atoms with Gasteiger partial charge >= 0.3 is 17.9 Å². The van der Waals surface area contributed by atoms with E-state index in [1.807, 2.05) is 6.92 Å². The van der Waals surface area contributed by atoms with E-state index in [0.29, 0.717) is 6.42 Å². The highest BCUT2D eigenvalue weighted by molar-refractivity contribution is 6.10. The van der Waals surface area contributed by atoms with Gasteiger partial charge in [-0.25, -0.2) is 14.4 Å². The maximum Gasteiger partial charge on any atom is 0.343 e. The van der Waals surface area contributed by atoms with Crippen LogP contribution < -0.4 is 5.32 Å². The molecule has 35 heavy (non-hydrogen) atoms. The smallest absolute Gasteiger partial charge is 0.343 e. The molecule has 0 aliphatic rings. The Hall–Kier alpha value is -2.94. The van der Waals surface area contributed by atoms with Gasteiger partial charge in [0, 0.05) is 5.56 Å². The molecule has 9 nitrogen and oxygen atoms in total. The lowest BCUT2D eigenvalue weighted by Crippen LogP contribution is -2.61. The number of carbonyl (C=O) groups excluding carboxylic acids is 4. The normalized spacial score (nSPS) is 12.4. The maximum absolute atomic E-state index is 13.1. The predicted molar refractivity (Wildman–Crippen MR) is 130 cm³/mol. The molecule has 9 heteroatoms. The van der Waals surface area contributed by atoms with Crippen LogP contribution in [0.15, 0.2) is 30.3 Å². The summed E-state index contributed by atoms with van der Waals surface area (Å²) in [6.07, 6.45) is 0.801. The molecule has 196 valence electrons. The molecule has 0 bridgehead atoms. The van der Waals surface area contributed by atoms with E-state index < -0.39 is 41.1 Å². The highest BCUT2D eigenvalue weighted by Crippen LogP contribution is 2.26. The summed E-state index contributed by atoms with van der Waals surface area (Å²) in [6, 6.07) is 8.24. The van der Waals surface area contributed by atoms with E-state index in [1.165, 1.54) is 0 Å². The average Bonchev–Trinajstić information content (AvgIpc) is 2.82. The Labute approximate surface area is 207 Å². The first-order valence-corrected chi connectivity index (χ1v) is 12.1. The van der Waals surface area contributed by atoms with Crippen LogP contribution in [-0.2, 0) is 33.3 Å². The summed E-state index contributed by atoms with van der Waals surface area (Å²) in [4.78, 5) is 51.7. The number of rotatable bonds is 15. The van der Waals surface area contributed by atoms with Gasteiger partial charge in [0.1, 0.15) is 0 Å². The fourth-order valence-corrected chi connectivity index (χ4v) is 3.55. The molecule has 1 aromatic rings. The Morgan fingerprint density at radius 1 is 0.800 bits per heavy atom. The number of nitrogens with one attached hydrogen (secondary N) is 1. The molecule has 1 atom stereocenters. The second-order valence-corrected chi connectivity index (χ2v) is 8.46. The monoisotopic (exact) mass is 493 g/mol. The second-order valence-electron chi connectivity index (χ2n) is 8.46. The fraction of sp³-hybridized carbons (Fsp3) is 0.615. The Balaban J connectivity index is 3.31. The standard InChI is InChI=1S/C26H39NO8/c1-7-14-20(35-25(5,6)22(29)32-8-2)17-18-26(23(30)33-9-3,24(31)34-10-4)27-21(28)19-15-12-11-13-16-19/h11-13,15-16,20H,7-10,14,17-18H2,1-6H3,(H,27,28). The Kier molecular flexibility index (Phi) is 12.4. The first kappa shape index (κ1) is 30.1. The minimum absolute atomic E-state index is 0.00593. The van der Waals surface area contributed by atoms with Crippen LogP contribution in [0.5, 0.6) is 0 Å². The zero-order valence-electron chi connectivity index (χ0n) is 21.7. The molecule has 0 saturated heterocycles. The van der Waals surface area contributed by atoms with Gasteiger partial charge in [-0.2, -0.15) is 0 Å². The zero-order valence-corrected chi connectivity index (χ0v) is 21.7. The summed E-state index contributed by atoms with van der Waals surface area (Å²) in [7, 11) is 0. The van der Waals surface area contributed by atoms with Crippen LogP contribution in [0.4, 0.5) is 0 Å². The molecular weight excluding hydrogens is 454 g/mol. The summed E-state index contributed by atoms with van der Waals surface area (Å²) in [5, 5.41) is 2.58. The van der Waals surface area contributed by atoms with E-state index in [1.54, 1.807) is 65.0 Å². The number of carbonyl (C=O) groups is 4. The molecule has 0 heterocycles. The topological polar surface area (TPSA) is 117 Å². The number of amides is 1. The molecule has 1 aromatic carbocycles. The molecule has 0 aliphatic heterocycles. The fourth-order valence-electron chi connectivity index (χ4n) is 3.55. The number of esters is 3. The molecule has 0 saturated carbocycles. The van der Waals surface area contributed by atoms with Crippen LogP contribution in [0.1, 0.15) is 77.6 Å². The van der Waals surface area contributed by atoms with Crippen molar-refractivity contribution < 1.29 is 38.1 Å². The van der Waals surface area contributed by atoms with Crippen molar-refractivity contribution in [2.45, 2.75) is 84.5 Å². The summed E-state index contributed by atoms with van der Waals surface area (Å²) in [5.74, 6) is -2.96. The lowest BCUT2D eigenvalue weighted by atomic mass is 9.89. The first-order chi connectivity index (χ1) is 16.6. The minimum atomic E-state index is -2.08. The molecule has 0 fully saturated rings. The van der Waals surface area contributed by atoms with Crippen LogP contribution in [0.2, 0.25) is 0 Å². The van der Waals surface area contributed by atoms with Crippen molar-refractivity contribution in [2.75, 3.05) is 19.8 Å². The van der Waals surface area contributed by atoms with Crippen LogP contribution in [0.3, 0.4) is 0 Å². The van der Waals surface area contributed by atoms with Crippen LogP contribution in [0, 0.1) is 0 Å². The van der Waals surface area contributed by atoms with Crippen molar-refractivity contribution in [3.05, 3.63) is 35.9 Å². The number of ether oxygens (including phenoxy) is 4. The lowest BCUT2D eigenvalue weighted by Gasteiger charge is -2.33. The van der Waals surface area contributed by atoms with E-state index in [9.17, 15) is 19.2 Å². The van der Waals surface area contributed by atoms with Crippen molar-refractivity contribution in [3.8, 4) is 0 Å². The van der Waals surface area contributed by atoms with E-state index in [4.69, 9.17) is 18.9 Å². The molecular formula is C26H39NO8. The first-order valence-electron chi connectivity index (χ1n) is 12.1. The molecule has 1 unspecified atom stereocenters. The molecule has 1 amide bonds. The maximum atomic E-state index is 13.1. The SMILES string of the molecule is CCCC(CCC(NC(=O)c1ccccc1)(C(=O)OCC)C(=O)OCC)OC(C)(C)C(=O)OCC. The average molecular weight is 494 g/mol. The van der Waals surface area contributed by atoms with E-state index in [2.05, 4.69) is 5.32 Å². The van der Waals surface area contributed by atoms with Crippen molar-refractivity contribution in [3.63, 3.8) is 0 Å². The third-order valence-corrected chi connectivity index (χ3v) is 5.29. The third-order valence-electron chi connectivity index (χ3n) is 5.29. The van der Waals surface area contributed by atoms with Crippen LogP contribution >= 0.6 is 0 Å². The van der Waals surface area contributed by atoms with Gasteiger partial charge in [0.2, 0.25) is 5.54 Å². The van der Waals surface area contributed by atoms with E-state index in [-0.39, 0.29) is 38.2 Å².